The maximum atomic E-state index is 12.8. The van der Waals surface area contributed by atoms with E-state index in [0.717, 1.165) is 38.9 Å². The van der Waals surface area contributed by atoms with Crippen LogP contribution in [-0.2, 0) is 16.0 Å². The molecule has 31 heavy (non-hydrogen) atoms. The standard InChI is InChI=1S/C22H27N5O4/c1-26(15-2-3-15)21(28)14-8-18(31-16-4-5-16)20(23-9-14)17-10-27(25-24-17)11-19-29-12-22(6-7-22)13-30-19/h8-10,15-16,19H,2-7,11-13H2,1H3. The van der Waals surface area contributed by atoms with Gasteiger partial charge in [0.05, 0.1) is 37.6 Å². The molecule has 0 aromatic carbocycles. The second kappa shape index (κ2) is 7.27. The van der Waals surface area contributed by atoms with Gasteiger partial charge in [-0.15, -0.1) is 5.10 Å². The summed E-state index contributed by atoms with van der Waals surface area (Å²) in [5.41, 5.74) is 2.03. The van der Waals surface area contributed by atoms with Crippen LogP contribution in [0.25, 0.3) is 11.4 Å². The Morgan fingerprint density at radius 2 is 2.03 bits per heavy atom. The summed E-state index contributed by atoms with van der Waals surface area (Å²) in [4.78, 5) is 19.1. The summed E-state index contributed by atoms with van der Waals surface area (Å²) in [7, 11) is 1.85. The predicted molar refractivity (Wildman–Crippen MR) is 109 cm³/mol. The highest BCUT2D eigenvalue weighted by atomic mass is 16.7. The van der Waals surface area contributed by atoms with E-state index in [1.54, 1.807) is 21.8 Å². The number of amides is 1. The zero-order valence-electron chi connectivity index (χ0n) is 17.7. The van der Waals surface area contributed by atoms with Crippen molar-refractivity contribution in [3.63, 3.8) is 0 Å². The Balaban J connectivity index is 1.20. The molecule has 2 aromatic heterocycles. The molecule has 1 spiro atoms. The van der Waals surface area contributed by atoms with Crippen LogP contribution in [0.5, 0.6) is 5.75 Å². The van der Waals surface area contributed by atoms with Gasteiger partial charge in [-0.25, -0.2) is 9.67 Å². The van der Waals surface area contributed by atoms with Gasteiger partial charge in [-0.05, 0) is 44.6 Å². The van der Waals surface area contributed by atoms with E-state index in [-0.39, 0.29) is 23.7 Å². The fraction of sp³-hybridized carbons (Fsp3) is 0.636. The number of hydrogen-bond acceptors (Lipinski definition) is 7. The molecular weight excluding hydrogens is 398 g/mol. The Labute approximate surface area is 180 Å². The van der Waals surface area contributed by atoms with Crippen LogP contribution < -0.4 is 4.74 Å². The van der Waals surface area contributed by atoms with Gasteiger partial charge in [-0.3, -0.25) is 4.79 Å². The fourth-order valence-corrected chi connectivity index (χ4v) is 3.89. The van der Waals surface area contributed by atoms with E-state index in [2.05, 4.69) is 15.3 Å². The molecule has 0 unspecified atom stereocenters. The van der Waals surface area contributed by atoms with Gasteiger partial charge >= 0.3 is 0 Å². The number of aromatic nitrogens is 4. The average Bonchev–Trinajstić information content (AvgIpc) is 3.67. The lowest BCUT2D eigenvalue weighted by molar-refractivity contribution is -0.213. The van der Waals surface area contributed by atoms with Gasteiger partial charge in [0.1, 0.15) is 17.1 Å². The Bertz CT molecular complexity index is 986. The van der Waals surface area contributed by atoms with E-state index in [1.807, 2.05) is 13.2 Å². The number of carbonyl (C=O) groups excluding carboxylic acids is 1. The lowest BCUT2D eigenvalue weighted by atomic mass is 10.1. The van der Waals surface area contributed by atoms with Gasteiger partial charge in [-0.2, -0.15) is 0 Å². The molecule has 1 aliphatic heterocycles. The van der Waals surface area contributed by atoms with E-state index in [9.17, 15) is 4.79 Å². The summed E-state index contributed by atoms with van der Waals surface area (Å²) in [5, 5.41) is 8.52. The van der Waals surface area contributed by atoms with Crippen LogP contribution in [0, 0.1) is 5.41 Å². The van der Waals surface area contributed by atoms with Crippen molar-refractivity contribution in [2.24, 2.45) is 5.41 Å². The van der Waals surface area contributed by atoms with Gasteiger partial charge < -0.3 is 19.1 Å². The first-order valence-electron chi connectivity index (χ1n) is 11.2. The van der Waals surface area contributed by atoms with Crippen molar-refractivity contribution in [2.45, 2.75) is 63.5 Å². The molecule has 4 aliphatic rings. The Morgan fingerprint density at radius 3 is 2.71 bits per heavy atom. The third kappa shape index (κ3) is 4.04. The normalized spacial score (nSPS) is 22.5. The summed E-state index contributed by atoms with van der Waals surface area (Å²) in [6.45, 7) is 1.99. The van der Waals surface area contributed by atoms with E-state index in [4.69, 9.17) is 14.2 Å². The first kappa shape index (κ1) is 19.2. The first-order valence-corrected chi connectivity index (χ1v) is 11.2. The van der Waals surface area contributed by atoms with Crippen LogP contribution in [0.2, 0.25) is 0 Å². The van der Waals surface area contributed by atoms with Gasteiger partial charge in [-0.1, -0.05) is 5.21 Å². The van der Waals surface area contributed by atoms with E-state index < -0.39 is 0 Å². The zero-order valence-corrected chi connectivity index (χ0v) is 17.7. The maximum absolute atomic E-state index is 12.8. The van der Waals surface area contributed by atoms with Crippen LogP contribution in [0.15, 0.2) is 18.5 Å². The highest BCUT2D eigenvalue weighted by molar-refractivity contribution is 5.95. The van der Waals surface area contributed by atoms with Crippen molar-refractivity contribution in [3.8, 4) is 17.1 Å². The summed E-state index contributed by atoms with van der Waals surface area (Å²) in [6, 6.07) is 2.14. The minimum atomic E-state index is -0.311. The zero-order chi connectivity index (χ0) is 21.0. The molecule has 164 valence electrons. The van der Waals surface area contributed by atoms with Crippen molar-refractivity contribution in [1.29, 1.82) is 0 Å². The minimum Gasteiger partial charge on any atom is -0.488 e. The monoisotopic (exact) mass is 425 g/mol. The molecule has 1 saturated heterocycles. The second-order valence-corrected chi connectivity index (χ2v) is 9.41. The molecule has 0 atom stereocenters. The highest BCUT2D eigenvalue weighted by Crippen LogP contribution is 2.48. The number of ether oxygens (including phenoxy) is 3. The highest BCUT2D eigenvalue weighted by Gasteiger charge is 2.47. The maximum Gasteiger partial charge on any atom is 0.255 e. The van der Waals surface area contributed by atoms with E-state index >= 15 is 0 Å². The topological polar surface area (TPSA) is 91.6 Å². The van der Waals surface area contributed by atoms with Crippen molar-refractivity contribution in [3.05, 3.63) is 24.0 Å². The van der Waals surface area contributed by atoms with Gasteiger partial charge in [0.15, 0.2) is 6.29 Å². The summed E-state index contributed by atoms with van der Waals surface area (Å²) in [6.07, 6.45) is 9.86. The molecule has 9 nitrogen and oxygen atoms in total. The van der Waals surface area contributed by atoms with Crippen LogP contribution in [0.1, 0.15) is 48.9 Å². The molecule has 3 aliphatic carbocycles. The lowest BCUT2D eigenvalue weighted by Gasteiger charge is -2.29. The third-order valence-corrected chi connectivity index (χ3v) is 6.56. The molecule has 6 rings (SSSR count). The first-order chi connectivity index (χ1) is 15.1. The molecule has 1 amide bonds. The van der Waals surface area contributed by atoms with Crippen LogP contribution >= 0.6 is 0 Å². The number of nitrogens with zero attached hydrogens (tertiary/aromatic N) is 5. The number of hydrogen-bond donors (Lipinski definition) is 0. The smallest absolute Gasteiger partial charge is 0.255 e. The summed E-state index contributed by atoms with van der Waals surface area (Å²) < 4.78 is 19.5. The second-order valence-electron chi connectivity index (χ2n) is 9.41. The largest absolute Gasteiger partial charge is 0.488 e. The quantitative estimate of drug-likeness (QED) is 0.672. The van der Waals surface area contributed by atoms with Crippen LogP contribution in [0.4, 0.5) is 0 Å². The minimum absolute atomic E-state index is 0.0223. The van der Waals surface area contributed by atoms with Gasteiger partial charge in [0.25, 0.3) is 5.91 Å². The van der Waals surface area contributed by atoms with Crippen molar-refractivity contribution in [1.82, 2.24) is 24.9 Å². The lowest BCUT2D eigenvalue weighted by Crippen LogP contribution is -2.36. The summed E-state index contributed by atoms with van der Waals surface area (Å²) >= 11 is 0. The molecule has 9 heteroatoms. The van der Waals surface area contributed by atoms with Gasteiger partial charge in [0, 0.05) is 24.7 Å². The van der Waals surface area contributed by atoms with Crippen molar-refractivity contribution in [2.75, 3.05) is 20.3 Å². The van der Waals surface area contributed by atoms with Crippen molar-refractivity contribution >= 4 is 5.91 Å². The Hall–Kier alpha value is -2.52. The molecule has 3 saturated carbocycles. The number of carbonyl (C=O) groups is 1. The average molecular weight is 425 g/mol. The van der Waals surface area contributed by atoms with E-state index in [1.165, 1.54) is 12.8 Å². The number of rotatable bonds is 7. The van der Waals surface area contributed by atoms with Crippen molar-refractivity contribution < 1.29 is 19.0 Å². The van der Waals surface area contributed by atoms with Gasteiger partial charge in [0.2, 0.25) is 0 Å². The van der Waals surface area contributed by atoms with Crippen LogP contribution in [-0.4, -0.2) is 69.5 Å². The summed E-state index contributed by atoms with van der Waals surface area (Å²) in [5.74, 6) is 0.566. The molecule has 4 fully saturated rings. The molecule has 0 bridgehead atoms. The molecule has 0 N–H and O–H groups in total. The Morgan fingerprint density at radius 1 is 1.26 bits per heavy atom. The van der Waals surface area contributed by atoms with Crippen LogP contribution in [0.3, 0.4) is 0 Å². The predicted octanol–water partition coefficient (Wildman–Crippen LogP) is 2.27. The number of pyridine rings is 1. The molecular formula is C22H27N5O4. The SMILES string of the molecule is CN(C(=O)c1cnc(-c2cn(CC3OCC4(CC4)CO3)nn2)c(OC2CC2)c1)C1CC1. The molecule has 3 heterocycles. The fourth-order valence-electron chi connectivity index (χ4n) is 3.89. The third-order valence-electron chi connectivity index (χ3n) is 6.56. The van der Waals surface area contributed by atoms with E-state index in [0.29, 0.717) is 35.3 Å². The molecule has 0 radical (unpaired) electrons. The Kier molecular flexibility index (Phi) is 4.50. The molecule has 2 aromatic rings.